The zero-order chi connectivity index (χ0) is 40.4. The van der Waals surface area contributed by atoms with Crippen molar-refractivity contribution in [2.45, 2.75) is 19.3 Å². The molecule has 0 saturated carbocycles. The molecule has 0 atom stereocenters. The van der Waals surface area contributed by atoms with E-state index in [2.05, 4.69) is 220 Å². The number of rotatable bonds is 3. The average molecular weight is 773 g/mol. The normalized spacial score (nSPS) is 13.2. The summed E-state index contributed by atoms with van der Waals surface area (Å²) in [6.45, 7) is 4.45. The van der Waals surface area contributed by atoms with E-state index in [4.69, 9.17) is 0 Å². The van der Waals surface area contributed by atoms with E-state index in [0.29, 0.717) is 0 Å². The molecule has 0 radical (unpaired) electrons. The maximum absolute atomic E-state index is 2.52. The van der Waals surface area contributed by atoms with Crippen LogP contribution in [0.15, 0.2) is 206 Å². The van der Waals surface area contributed by atoms with E-state index in [1.165, 1.54) is 132 Å². The van der Waals surface area contributed by atoms with Crippen molar-refractivity contribution >= 4 is 43.1 Å². The molecule has 1 spiro atoms. The van der Waals surface area contributed by atoms with Crippen molar-refractivity contribution in [3.8, 4) is 55.6 Å². The lowest BCUT2D eigenvalue weighted by Gasteiger charge is -2.31. The van der Waals surface area contributed by atoms with Crippen LogP contribution in [0.25, 0.3) is 98.7 Å². The Morgan fingerprint density at radius 3 is 1.33 bits per heavy atom. The smallest absolute Gasteiger partial charge is 0.0619 e. The highest BCUT2D eigenvalue weighted by molar-refractivity contribution is 6.23. The Morgan fingerprint density at radius 1 is 0.262 bits per heavy atom. The second-order valence-electron chi connectivity index (χ2n) is 17.3. The highest BCUT2D eigenvalue weighted by atomic mass is 14.5. The van der Waals surface area contributed by atoms with Gasteiger partial charge in [0.2, 0.25) is 0 Å². The maximum Gasteiger partial charge on any atom is 0.0725 e. The molecular formula is C61H40. The summed E-state index contributed by atoms with van der Waals surface area (Å²) in [5.74, 6) is 0. The van der Waals surface area contributed by atoms with Gasteiger partial charge in [0.15, 0.2) is 0 Å². The molecule has 2 aliphatic rings. The molecule has 0 saturated heterocycles. The monoisotopic (exact) mass is 772 g/mol. The van der Waals surface area contributed by atoms with Crippen LogP contribution in [0.1, 0.15) is 33.4 Å². The Bertz CT molecular complexity index is 3630. The van der Waals surface area contributed by atoms with Gasteiger partial charge >= 0.3 is 0 Å². The van der Waals surface area contributed by atoms with Gasteiger partial charge < -0.3 is 0 Å². The SMILES string of the molecule is Cc1ccc2c(c1)C1(c3ccccc3-c3ccccc31)c1cc(-c3ccc4c(-c5ccc6ccccc6c5)c5cc(C)ccc5c(-c5ccc6ccccc6c5)c4c3)ccc1-2. The molecule has 0 N–H and O–H groups in total. The van der Waals surface area contributed by atoms with Crippen LogP contribution < -0.4 is 0 Å². The zero-order valence-corrected chi connectivity index (χ0v) is 34.1. The summed E-state index contributed by atoms with van der Waals surface area (Å²) in [6.07, 6.45) is 0. The van der Waals surface area contributed by atoms with Gasteiger partial charge in [-0.1, -0.05) is 193 Å². The van der Waals surface area contributed by atoms with Crippen molar-refractivity contribution in [3.05, 3.63) is 240 Å². The predicted octanol–water partition coefficient (Wildman–Crippen LogP) is 16.3. The van der Waals surface area contributed by atoms with Gasteiger partial charge in [-0.3, -0.25) is 0 Å². The molecule has 2 aliphatic carbocycles. The van der Waals surface area contributed by atoms with Crippen LogP contribution in [0.5, 0.6) is 0 Å². The molecule has 0 aliphatic heterocycles. The third kappa shape index (κ3) is 4.82. The van der Waals surface area contributed by atoms with Gasteiger partial charge in [-0.25, -0.2) is 0 Å². The molecule has 0 bridgehead atoms. The first-order chi connectivity index (χ1) is 30.0. The Balaban J connectivity index is 1.11. The third-order valence-electron chi connectivity index (χ3n) is 13.9. The molecule has 13 rings (SSSR count). The van der Waals surface area contributed by atoms with E-state index in [-0.39, 0.29) is 0 Å². The fraction of sp³-hybridized carbons (Fsp3) is 0.0492. The van der Waals surface area contributed by atoms with E-state index in [1.54, 1.807) is 0 Å². The number of hydrogen-bond donors (Lipinski definition) is 0. The number of hydrogen-bond acceptors (Lipinski definition) is 0. The predicted molar refractivity (Wildman–Crippen MR) is 259 cm³/mol. The van der Waals surface area contributed by atoms with Crippen LogP contribution in [-0.2, 0) is 5.41 Å². The van der Waals surface area contributed by atoms with Crippen molar-refractivity contribution in [1.29, 1.82) is 0 Å². The quantitative estimate of drug-likeness (QED) is 0.157. The van der Waals surface area contributed by atoms with Gasteiger partial charge in [0.25, 0.3) is 0 Å². The standard InChI is InChI=1S/C61H40/c1-37-20-28-51-53(31-37)59(45-23-21-39-11-3-5-13-41(39)33-45)52-30-26-43(35-54(52)60(51)46-24-22-40-12-4-6-14-42(40)34-46)44-25-29-50-49-27-19-38(2)32-57(49)61(58(50)36-44)55-17-9-7-15-47(55)48-16-8-10-18-56(48)61/h3-36H,1-2H3. The number of aryl methyl sites for hydroxylation is 2. The van der Waals surface area contributed by atoms with E-state index in [9.17, 15) is 0 Å². The molecule has 284 valence electrons. The summed E-state index contributed by atoms with van der Waals surface area (Å²) in [5.41, 5.74) is 20.4. The topological polar surface area (TPSA) is 0 Å². The minimum absolute atomic E-state index is 0.399. The first-order valence-electron chi connectivity index (χ1n) is 21.5. The molecule has 0 aromatic heterocycles. The fourth-order valence-electron chi connectivity index (χ4n) is 11.3. The van der Waals surface area contributed by atoms with Gasteiger partial charge in [0, 0.05) is 0 Å². The molecule has 61 heavy (non-hydrogen) atoms. The van der Waals surface area contributed by atoms with Crippen LogP contribution in [0.3, 0.4) is 0 Å². The van der Waals surface area contributed by atoms with Crippen molar-refractivity contribution in [2.24, 2.45) is 0 Å². The minimum atomic E-state index is -0.399. The molecule has 11 aromatic rings. The Kier molecular flexibility index (Phi) is 7.17. The summed E-state index contributed by atoms with van der Waals surface area (Å²) in [6, 6.07) is 78.3. The Hall–Kier alpha value is -7.54. The molecule has 0 amide bonds. The van der Waals surface area contributed by atoms with Gasteiger partial charge in [0.05, 0.1) is 5.41 Å². The van der Waals surface area contributed by atoms with Gasteiger partial charge in [-0.2, -0.15) is 0 Å². The van der Waals surface area contributed by atoms with Crippen LogP contribution in [-0.4, -0.2) is 0 Å². The molecule has 0 fully saturated rings. The third-order valence-corrected chi connectivity index (χ3v) is 13.9. The molecule has 0 heterocycles. The fourth-order valence-corrected chi connectivity index (χ4v) is 11.3. The Morgan fingerprint density at radius 2 is 0.689 bits per heavy atom. The maximum atomic E-state index is 2.52. The first kappa shape index (κ1) is 34.3. The van der Waals surface area contributed by atoms with E-state index >= 15 is 0 Å². The molecule has 0 heteroatoms. The van der Waals surface area contributed by atoms with Crippen LogP contribution in [0.4, 0.5) is 0 Å². The summed E-state index contributed by atoms with van der Waals surface area (Å²) < 4.78 is 0. The van der Waals surface area contributed by atoms with Crippen molar-refractivity contribution in [3.63, 3.8) is 0 Å². The van der Waals surface area contributed by atoms with Crippen molar-refractivity contribution in [2.75, 3.05) is 0 Å². The molecule has 0 nitrogen and oxygen atoms in total. The molecule has 11 aromatic carbocycles. The lowest BCUT2D eigenvalue weighted by atomic mass is 9.70. The lowest BCUT2D eigenvalue weighted by Crippen LogP contribution is -2.26. The zero-order valence-electron chi connectivity index (χ0n) is 34.1. The summed E-state index contributed by atoms with van der Waals surface area (Å²) in [5, 5.41) is 10.1. The Labute approximate surface area is 356 Å². The van der Waals surface area contributed by atoms with E-state index in [1.807, 2.05) is 0 Å². The van der Waals surface area contributed by atoms with E-state index in [0.717, 1.165) is 0 Å². The van der Waals surface area contributed by atoms with Crippen LogP contribution in [0.2, 0.25) is 0 Å². The molecule has 0 unspecified atom stereocenters. The minimum Gasteiger partial charge on any atom is -0.0619 e. The number of benzene rings is 11. The van der Waals surface area contributed by atoms with Gasteiger partial charge in [-0.15, -0.1) is 0 Å². The van der Waals surface area contributed by atoms with Crippen molar-refractivity contribution in [1.82, 2.24) is 0 Å². The van der Waals surface area contributed by atoms with Gasteiger partial charge in [0.1, 0.15) is 0 Å². The highest BCUT2D eigenvalue weighted by Crippen LogP contribution is 2.63. The van der Waals surface area contributed by atoms with Crippen LogP contribution >= 0.6 is 0 Å². The molecular weight excluding hydrogens is 733 g/mol. The highest BCUT2D eigenvalue weighted by Gasteiger charge is 2.51. The first-order valence-corrected chi connectivity index (χ1v) is 21.5. The van der Waals surface area contributed by atoms with Crippen LogP contribution in [0, 0.1) is 13.8 Å². The van der Waals surface area contributed by atoms with Gasteiger partial charge in [-0.05, 0) is 159 Å². The summed E-state index contributed by atoms with van der Waals surface area (Å²) >= 11 is 0. The summed E-state index contributed by atoms with van der Waals surface area (Å²) in [7, 11) is 0. The van der Waals surface area contributed by atoms with Crippen molar-refractivity contribution < 1.29 is 0 Å². The average Bonchev–Trinajstić information content (AvgIpc) is 3.76. The second-order valence-corrected chi connectivity index (χ2v) is 17.3. The second kappa shape index (κ2) is 12.7. The lowest BCUT2D eigenvalue weighted by molar-refractivity contribution is 0.793. The summed E-state index contributed by atoms with van der Waals surface area (Å²) in [4.78, 5) is 0. The largest absolute Gasteiger partial charge is 0.0725 e. The number of fused-ring (bicyclic) bond motifs is 14. The van der Waals surface area contributed by atoms with E-state index < -0.39 is 5.41 Å².